The predicted molar refractivity (Wildman–Crippen MR) is 20.2 cm³/mol. The van der Waals surface area contributed by atoms with E-state index >= 15 is 0 Å². The maximum absolute atomic E-state index is 10.8. The fourth-order valence-electron chi connectivity index (χ4n) is 0.0958. The first-order valence-electron chi connectivity index (χ1n) is 1.39. The Balaban J connectivity index is 3.89. The lowest BCUT2D eigenvalue weighted by Gasteiger charge is -1.92. The van der Waals surface area contributed by atoms with Gasteiger partial charge in [-0.2, -0.15) is 22.0 Å². The molecule has 0 aliphatic rings. The molecule has 0 aliphatic carbocycles. The van der Waals surface area contributed by atoms with Gasteiger partial charge in [0.05, 0.1) is 8.20 Å². The summed E-state index contributed by atoms with van der Waals surface area (Å²) in [6.07, 6.45) is 0. The highest BCUT2D eigenvalue weighted by atomic mass is 31.1. The van der Waals surface area contributed by atoms with Gasteiger partial charge in [-0.15, -0.1) is 0 Å². The van der Waals surface area contributed by atoms with Gasteiger partial charge in [-0.25, -0.2) is 0 Å². The third-order valence-corrected chi connectivity index (χ3v) is 0.634. The van der Waals surface area contributed by atoms with Crippen molar-refractivity contribution in [1.29, 1.82) is 0 Å². The average Bonchev–Trinajstić information content (AvgIpc) is 1.21. The molecule has 0 spiro atoms. The van der Waals surface area contributed by atoms with E-state index in [4.69, 9.17) is 0 Å². The van der Waals surface area contributed by atoms with Gasteiger partial charge in [0.1, 0.15) is 0 Å². The van der Waals surface area contributed by atoms with E-state index in [1.54, 1.807) is 0 Å². The number of rotatable bonds is 0. The molecule has 0 amide bonds. The second kappa shape index (κ2) is 2.40. The van der Waals surface area contributed by atoms with Crippen molar-refractivity contribution in [1.82, 2.24) is 0 Å². The Hall–Kier alpha value is -0.180. The summed E-state index contributed by atoms with van der Waals surface area (Å²) in [5.74, 6) is -7.42. The van der Waals surface area contributed by atoms with Crippen molar-refractivity contribution >= 4 is 14.0 Å². The van der Waals surface area contributed by atoms with Gasteiger partial charge in [-0.3, -0.25) is 0 Å². The van der Waals surface area contributed by atoms with Crippen LogP contribution in [0.4, 0.5) is 22.0 Å². The van der Waals surface area contributed by atoms with Crippen molar-refractivity contribution < 1.29 is 22.0 Å². The minimum atomic E-state index is -4.79. The zero-order chi connectivity index (χ0) is 6.78. The third-order valence-electron chi connectivity index (χ3n) is 0.211. The van der Waals surface area contributed by atoms with Crippen LogP contribution in [0.2, 0.25) is 0 Å². The molecule has 0 saturated heterocycles. The summed E-state index contributed by atoms with van der Waals surface area (Å²) >= 11 is 0. The van der Waals surface area contributed by atoms with Crippen molar-refractivity contribution in [3.05, 3.63) is 0 Å². The zero-order valence-electron chi connectivity index (χ0n) is 3.34. The lowest BCUT2D eigenvalue weighted by atomic mass is 11.5. The number of hydrogen-bond donors (Lipinski definition) is 0. The molecule has 0 aromatic carbocycles. The van der Waals surface area contributed by atoms with Crippen LogP contribution < -0.4 is 0 Å². The minimum absolute atomic E-state index is 1.86. The first-order valence-corrected chi connectivity index (χ1v) is 2.29. The van der Waals surface area contributed by atoms with E-state index in [0.29, 0.717) is 0 Å². The largest absolute Gasteiger partial charge is 0.436 e. The molecule has 0 atom stereocenters. The smallest absolute Gasteiger partial charge is 0.168 e. The molecule has 0 nitrogen and oxygen atoms in total. The first-order chi connectivity index (χ1) is 3.42. The van der Waals surface area contributed by atoms with Gasteiger partial charge in [0.25, 0.3) is 5.80 Å². The Bertz CT molecular complexity index is 97.5. The van der Waals surface area contributed by atoms with Crippen molar-refractivity contribution in [3.63, 3.8) is 0 Å². The van der Waals surface area contributed by atoms with Gasteiger partial charge in [-0.1, -0.05) is 0 Å². The lowest BCUT2D eigenvalue weighted by molar-refractivity contribution is -0.0351. The maximum atomic E-state index is 10.8. The molecular formula is C2F5P. The van der Waals surface area contributed by atoms with Crippen LogP contribution in [-0.4, -0.2) is 11.7 Å². The standard InChI is InChI=1S/C2F5P/c3-1(4)8-2(5,6)7. The summed E-state index contributed by atoms with van der Waals surface area (Å²) in [5, 5.41) is 0. The molecule has 0 unspecified atom stereocenters. The van der Waals surface area contributed by atoms with Crippen molar-refractivity contribution in [3.8, 4) is 0 Å². The molecule has 0 aliphatic heterocycles. The fourth-order valence-corrected chi connectivity index (χ4v) is 0.287. The summed E-state index contributed by atoms with van der Waals surface area (Å²) < 4.78 is 53.8. The summed E-state index contributed by atoms with van der Waals surface area (Å²) in [6, 6.07) is 0. The van der Waals surface area contributed by atoms with E-state index in [0.717, 1.165) is 0 Å². The van der Waals surface area contributed by atoms with Crippen molar-refractivity contribution in [2.75, 3.05) is 0 Å². The number of alkyl halides is 3. The Morgan fingerprint density at radius 2 is 1.50 bits per heavy atom. The normalized spacial score (nSPS) is 12.1. The van der Waals surface area contributed by atoms with Gasteiger partial charge in [0.15, 0.2) is 0 Å². The SMILES string of the molecule is FC(F)=PC(F)(F)F. The monoisotopic (exact) mass is 150 g/mol. The molecule has 8 heavy (non-hydrogen) atoms. The summed E-state index contributed by atoms with van der Waals surface area (Å²) in [6.45, 7) is 0. The first kappa shape index (κ1) is 7.82. The molecule has 0 N–H and O–H groups in total. The van der Waals surface area contributed by atoms with Gasteiger partial charge < -0.3 is 0 Å². The highest BCUT2D eigenvalue weighted by Crippen LogP contribution is 2.30. The van der Waals surface area contributed by atoms with Crippen LogP contribution in [0.5, 0.6) is 0 Å². The van der Waals surface area contributed by atoms with E-state index in [2.05, 4.69) is 0 Å². The predicted octanol–water partition coefficient (Wildman–Crippen LogP) is 2.48. The van der Waals surface area contributed by atoms with Crippen molar-refractivity contribution in [2.45, 2.75) is 5.92 Å². The quantitative estimate of drug-likeness (QED) is 0.367. The van der Waals surface area contributed by atoms with Crippen LogP contribution in [0.3, 0.4) is 0 Å². The van der Waals surface area contributed by atoms with Crippen LogP contribution >= 0.6 is 8.20 Å². The van der Waals surface area contributed by atoms with Gasteiger partial charge in [0.2, 0.25) is 0 Å². The van der Waals surface area contributed by atoms with Crippen LogP contribution in [0.15, 0.2) is 0 Å². The summed E-state index contributed by atoms with van der Waals surface area (Å²) in [5.41, 5.74) is 0. The van der Waals surface area contributed by atoms with Crippen LogP contribution in [-0.2, 0) is 0 Å². The maximum Gasteiger partial charge on any atom is 0.436 e. The van der Waals surface area contributed by atoms with Crippen molar-refractivity contribution in [2.24, 2.45) is 0 Å². The average molecular weight is 150 g/mol. The lowest BCUT2D eigenvalue weighted by Crippen LogP contribution is -1.94. The second-order valence-electron chi connectivity index (χ2n) is 0.820. The second-order valence-corrected chi connectivity index (χ2v) is 1.89. The molecule has 6 heteroatoms. The zero-order valence-corrected chi connectivity index (χ0v) is 4.23. The van der Waals surface area contributed by atoms with Gasteiger partial charge in [0, 0.05) is 0 Å². The van der Waals surface area contributed by atoms with E-state index in [9.17, 15) is 22.0 Å². The molecule has 0 aromatic rings. The fraction of sp³-hybridized carbons (Fsp3) is 0.500. The van der Waals surface area contributed by atoms with Gasteiger partial charge in [-0.05, 0) is 0 Å². The van der Waals surface area contributed by atoms with Crippen LogP contribution in [0.1, 0.15) is 0 Å². The number of hydrogen-bond acceptors (Lipinski definition) is 0. The van der Waals surface area contributed by atoms with Crippen LogP contribution in [0, 0.1) is 0 Å². The molecular weight excluding hydrogens is 150 g/mol. The highest BCUT2D eigenvalue weighted by molar-refractivity contribution is 7.40. The summed E-state index contributed by atoms with van der Waals surface area (Å²) in [4.78, 5) is 0. The van der Waals surface area contributed by atoms with E-state index in [1.807, 2.05) is 0 Å². The molecule has 0 heterocycles. The third kappa shape index (κ3) is 5.82. The van der Waals surface area contributed by atoms with E-state index in [1.165, 1.54) is 0 Å². The number of halogens is 5. The molecule has 0 saturated carbocycles. The van der Waals surface area contributed by atoms with Crippen LogP contribution in [0.25, 0.3) is 0 Å². The Kier molecular flexibility index (Phi) is 2.34. The molecule has 0 rings (SSSR count). The Labute approximate surface area is 43.1 Å². The van der Waals surface area contributed by atoms with E-state index in [-0.39, 0.29) is 0 Å². The minimum Gasteiger partial charge on any atom is -0.168 e. The Morgan fingerprint density at radius 1 is 1.12 bits per heavy atom. The topological polar surface area (TPSA) is 0 Å². The van der Waals surface area contributed by atoms with E-state index < -0.39 is 19.9 Å². The molecule has 0 bridgehead atoms. The molecule has 0 radical (unpaired) electrons. The van der Waals surface area contributed by atoms with Gasteiger partial charge >= 0.3 is 5.92 Å². The molecule has 0 aromatic heterocycles. The Morgan fingerprint density at radius 3 is 1.50 bits per heavy atom. The molecule has 48 valence electrons. The summed E-state index contributed by atoms with van der Waals surface area (Å²) in [7, 11) is -1.86. The molecule has 0 fully saturated rings. The highest BCUT2D eigenvalue weighted by Gasteiger charge is 2.26.